The van der Waals surface area contributed by atoms with E-state index >= 15 is 0 Å². The van der Waals surface area contributed by atoms with Crippen LogP contribution in [0.15, 0.2) is 12.1 Å². The molecule has 1 N–H and O–H groups in total. The van der Waals surface area contributed by atoms with Crippen molar-refractivity contribution in [2.24, 2.45) is 5.41 Å². The third-order valence-corrected chi connectivity index (χ3v) is 8.32. The zero-order valence-corrected chi connectivity index (χ0v) is 14.6. The predicted molar refractivity (Wildman–Crippen MR) is 92.4 cm³/mol. The van der Waals surface area contributed by atoms with Crippen molar-refractivity contribution >= 4 is 11.6 Å². The van der Waals surface area contributed by atoms with Gasteiger partial charge in [-0.1, -0.05) is 0 Å². The fraction of sp³-hybridized carbons (Fsp3) is 0.650. The lowest BCUT2D eigenvalue weighted by Crippen LogP contribution is -2.75. The van der Waals surface area contributed by atoms with Gasteiger partial charge in [0.25, 0.3) is 0 Å². The molecule has 1 aliphatic carbocycles. The van der Waals surface area contributed by atoms with Crippen LogP contribution in [0.25, 0.3) is 0 Å². The van der Waals surface area contributed by atoms with E-state index in [2.05, 4.69) is 15.9 Å². The van der Waals surface area contributed by atoms with Gasteiger partial charge in [-0.05, 0) is 43.9 Å². The summed E-state index contributed by atoms with van der Waals surface area (Å²) in [5.41, 5.74) is 1.84. The first-order chi connectivity index (χ1) is 12.6. The number of benzene rings is 1. The molecule has 6 heteroatoms. The van der Waals surface area contributed by atoms with Gasteiger partial charge in [-0.2, -0.15) is 0 Å². The summed E-state index contributed by atoms with van der Waals surface area (Å²) in [4.78, 5) is 18.1. The lowest BCUT2D eigenvalue weighted by atomic mass is 9.60. The molecule has 136 valence electrons. The van der Waals surface area contributed by atoms with Gasteiger partial charge in [0, 0.05) is 36.4 Å². The SMILES string of the molecule is O=C1C[C@@]23CC[C@@]45[C@@H](CCN(CC[C@H]2O)[C@@H]34)c2cc3c(cc2N15)OCO3. The molecule has 1 saturated carbocycles. The van der Waals surface area contributed by atoms with E-state index in [0.29, 0.717) is 12.3 Å². The van der Waals surface area contributed by atoms with Crippen molar-refractivity contribution in [1.82, 2.24) is 4.90 Å². The Hall–Kier alpha value is -1.79. The Morgan fingerprint density at radius 1 is 1.12 bits per heavy atom. The third-order valence-electron chi connectivity index (χ3n) is 8.32. The van der Waals surface area contributed by atoms with E-state index in [4.69, 9.17) is 9.47 Å². The van der Waals surface area contributed by atoms with Crippen LogP contribution in [0.1, 0.15) is 43.6 Å². The Morgan fingerprint density at radius 2 is 1.92 bits per heavy atom. The molecule has 1 amide bonds. The largest absolute Gasteiger partial charge is 0.454 e. The maximum Gasteiger partial charge on any atom is 0.231 e. The van der Waals surface area contributed by atoms with Gasteiger partial charge < -0.3 is 19.5 Å². The molecule has 7 rings (SSSR count). The molecule has 3 saturated heterocycles. The van der Waals surface area contributed by atoms with Crippen molar-refractivity contribution in [3.8, 4) is 11.5 Å². The number of nitrogens with zero attached hydrogens (tertiary/aromatic N) is 2. The number of carbonyl (C=O) groups excluding carboxylic acids is 1. The molecular formula is C20H22N2O4. The summed E-state index contributed by atoms with van der Waals surface area (Å²) in [6, 6.07) is 4.43. The summed E-state index contributed by atoms with van der Waals surface area (Å²) >= 11 is 0. The summed E-state index contributed by atoms with van der Waals surface area (Å²) in [5, 5.41) is 11.0. The van der Waals surface area contributed by atoms with Gasteiger partial charge in [0.05, 0.1) is 17.3 Å². The van der Waals surface area contributed by atoms with Crippen molar-refractivity contribution < 1.29 is 19.4 Å². The number of amides is 1. The standard InChI is InChI=1S/C20H22N2O4/c23-16-2-6-21-5-1-12-11-7-14-15(26-10-25-14)8-13(11)22-17(24)9-19(16)3-4-20(12,22)18(19)21/h7-8,12,16,18,23H,1-6,9-10H2/t12-,16+,18-,19-,20+/m0/s1. The minimum Gasteiger partial charge on any atom is -0.454 e. The summed E-state index contributed by atoms with van der Waals surface area (Å²) in [6.45, 7) is 2.26. The highest BCUT2D eigenvalue weighted by atomic mass is 16.7. The summed E-state index contributed by atoms with van der Waals surface area (Å²) in [6.07, 6.45) is 3.93. The number of rotatable bonds is 0. The zero-order valence-electron chi connectivity index (χ0n) is 14.6. The Bertz CT molecular complexity index is 872. The normalized spacial score (nSPS) is 44.3. The highest BCUT2D eigenvalue weighted by Gasteiger charge is 2.75. The monoisotopic (exact) mass is 354 g/mol. The second kappa shape index (κ2) is 4.20. The Balaban J connectivity index is 1.50. The molecule has 0 radical (unpaired) electrons. The molecule has 5 heterocycles. The number of aliphatic hydroxyl groups excluding tert-OH is 1. The van der Waals surface area contributed by atoms with E-state index in [1.54, 1.807) is 0 Å². The number of anilines is 1. The first kappa shape index (κ1) is 14.3. The van der Waals surface area contributed by atoms with Gasteiger partial charge in [-0.15, -0.1) is 0 Å². The second-order valence-electron chi connectivity index (χ2n) is 8.98. The van der Waals surface area contributed by atoms with Crippen LogP contribution < -0.4 is 14.4 Å². The molecular weight excluding hydrogens is 332 g/mol. The number of piperidine rings is 3. The van der Waals surface area contributed by atoms with Crippen LogP contribution >= 0.6 is 0 Å². The minimum atomic E-state index is -0.353. The summed E-state index contributed by atoms with van der Waals surface area (Å²) in [5.74, 6) is 2.08. The van der Waals surface area contributed by atoms with Crippen molar-refractivity contribution in [2.75, 3.05) is 24.8 Å². The van der Waals surface area contributed by atoms with Crippen molar-refractivity contribution in [3.63, 3.8) is 0 Å². The van der Waals surface area contributed by atoms with Gasteiger partial charge in [0.15, 0.2) is 11.5 Å². The molecule has 2 bridgehead atoms. The summed E-state index contributed by atoms with van der Waals surface area (Å²) in [7, 11) is 0. The lowest BCUT2D eigenvalue weighted by molar-refractivity contribution is -0.148. The van der Waals surface area contributed by atoms with Gasteiger partial charge in [-0.25, -0.2) is 0 Å². The second-order valence-corrected chi connectivity index (χ2v) is 8.98. The maximum absolute atomic E-state index is 13.4. The molecule has 5 aliphatic heterocycles. The molecule has 1 aromatic rings. The Kier molecular flexibility index (Phi) is 2.31. The molecule has 6 aliphatic rings. The first-order valence-corrected chi connectivity index (χ1v) is 9.84. The van der Waals surface area contributed by atoms with E-state index in [1.807, 2.05) is 6.07 Å². The van der Waals surface area contributed by atoms with Gasteiger partial charge in [-0.3, -0.25) is 9.69 Å². The smallest absolute Gasteiger partial charge is 0.231 e. The number of ether oxygens (including phenoxy) is 2. The lowest BCUT2D eigenvalue weighted by Gasteiger charge is -2.62. The molecule has 6 nitrogen and oxygen atoms in total. The van der Waals surface area contributed by atoms with E-state index < -0.39 is 0 Å². The fourth-order valence-electron chi connectivity index (χ4n) is 7.58. The number of aliphatic hydroxyl groups is 1. The predicted octanol–water partition coefficient (Wildman–Crippen LogP) is 1.61. The van der Waals surface area contributed by atoms with E-state index in [9.17, 15) is 9.90 Å². The number of carbonyl (C=O) groups is 1. The van der Waals surface area contributed by atoms with Crippen LogP contribution in [0.2, 0.25) is 0 Å². The Morgan fingerprint density at radius 3 is 2.81 bits per heavy atom. The average molecular weight is 354 g/mol. The minimum absolute atomic E-state index is 0.184. The topological polar surface area (TPSA) is 62.2 Å². The number of hydrogen-bond donors (Lipinski definition) is 1. The van der Waals surface area contributed by atoms with Crippen molar-refractivity contribution in [2.45, 2.75) is 55.7 Å². The van der Waals surface area contributed by atoms with Crippen LogP contribution in [0, 0.1) is 5.41 Å². The number of hydrogen-bond acceptors (Lipinski definition) is 5. The van der Waals surface area contributed by atoms with Crippen LogP contribution in [0.3, 0.4) is 0 Å². The quantitative estimate of drug-likeness (QED) is 0.767. The molecule has 0 unspecified atom stereocenters. The molecule has 5 atom stereocenters. The van der Waals surface area contributed by atoms with Gasteiger partial charge >= 0.3 is 0 Å². The molecule has 26 heavy (non-hydrogen) atoms. The zero-order chi connectivity index (χ0) is 17.3. The molecule has 0 aromatic heterocycles. The fourth-order valence-corrected chi connectivity index (χ4v) is 7.58. The maximum atomic E-state index is 13.4. The molecule has 4 fully saturated rings. The van der Waals surface area contributed by atoms with E-state index in [-0.39, 0.29) is 35.8 Å². The van der Waals surface area contributed by atoms with Crippen LogP contribution in [0.4, 0.5) is 5.69 Å². The molecule has 1 aromatic carbocycles. The summed E-state index contributed by atoms with van der Waals surface area (Å²) < 4.78 is 11.2. The van der Waals surface area contributed by atoms with Crippen LogP contribution in [-0.2, 0) is 4.79 Å². The third kappa shape index (κ3) is 1.28. The number of fused-ring (bicyclic) bond motifs is 4. The van der Waals surface area contributed by atoms with Crippen molar-refractivity contribution in [3.05, 3.63) is 17.7 Å². The van der Waals surface area contributed by atoms with E-state index in [1.165, 1.54) is 5.56 Å². The van der Waals surface area contributed by atoms with Crippen molar-refractivity contribution in [1.29, 1.82) is 0 Å². The highest BCUT2D eigenvalue weighted by Crippen LogP contribution is 2.70. The van der Waals surface area contributed by atoms with Crippen LogP contribution in [0.5, 0.6) is 11.5 Å². The van der Waals surface area contributed by atoms with Gasteiger partial charge in [0.2, 0.25) is 12.7 Å². The molecule has 1 spiro atoms. The first-order valence-electron chi connectivity index (χ1n) is 9.84. The van der Waals surface area contributed by atoms with E-state index in [0.717, 1.165) is 56.0 Å². The highest BCUT2D eigenvalue weighted by molar-refractivity contribution is 6.01. The average Bonchev–Trinajstić information content (AvgIpc) is 3.27. The van der Waals surface area contributed by atoms with Crippen LogP contribution in [-0.4, -0.2) is 53.5 Å². The van der Waals surface area contributed by atoms with Gasteiger partial charge in [0.1, 0.15) is 0 Å². The Labute approximate surface area is 151 Å².